The molecule has 2 aromatic rings. The lowest BCUT2D eigenvalue weighted by molar-refractivity contribution is 0.0131. The number of ether oxygens (including phenoxy) is 1. The Labute approximate surface area is 136 Å². The number of rotatable bonds is 7. The lowest BCUT2D eigenvalue weighted by Crippen LogP contribution is -2.36. The van der Waals surface area contributed by atoms with Crippen molar-refractivity contribution in [3.05, 3.63) is 59.0 Å². The van der Waals surface area contributed by atoms with Gasteiger partial charge >= 0.3 is 0 Å². The molecular weight excluding hydrogens is 294 g/mol. The predicted octanol–water partition coefficient (Wildman–Crippen LogP) is 2.55. The van der Waals surface area contributed by atoms with E-state index in [1.807, 2.05) is 44.2 Å². The number of aryl methyl sites for hydroxylation is 2. The fraction of sp³-hybridized carbons (Fsp3) is 0.389. The predicted molar refractivity (Wildman–Crippen MR) is 87.2 cm³/mol. The van der Waals surface area contributed by atoms with E-state index in [2.05, 4.69) is 0 Å². The number of aliphatic hydroxyl groups is 1. The van der Waals surface area contributed by atoms with Gasteiger partial charge in [0, 0.05) is 13.6 Å². The summed E-state index contributed by atoms with van der Waals surface area (Å²) in [6.07, 6.45) is -0.746. The van der Waals surface area contributed by atoms with Gasteiger partial charge in [-0.3, -0.25) is 4.79 Å². The monoisotopic (exact) mass is 317 g/mol. The first-order valence-electron chi connectivity index (χ1n) is 7.59. The Morgan fingerprint density at radius 1 is 1.30 bits per heavy atom. The molecule has 0 saturated heterocycles. The maximum Gasteiger partial charge on any atom is 0.289 e. The van der Waals surface area contributed by atoms with Crippen molar-refractivity contribution in [3.63, 3.8) is 0 Å². The van der Waals surface area contributed by atoms with Crippen molar-refractivity contribution in [2.24, 2.45) is 0 Å². The van der Waals surface area contributed by atoms with Crippen molar-refractivity contribution in [2.45, 2.75) is 26.6 Å². The highest BCUT2D eigenvalue weighted by Gasteiger charge is 2.19. The van der Waals surface area contributed by atoms with Crippen LogP contribution in [0.4, 0.5) is 0 Å². The second-order valence-corrected chi connectivity index (χ2v) is 5.69. The van der Waals surface area contributed by atoms with Gasteiger partial charge in [-0.2, -0.15) is 0 Å². The van der Waals surface area contributed by atoms with E-state index in [-0.39, 0.29) is 19.1 Å². The van der Waals surface area contributed by atoms with E-state index in [1.54, 1.807) is 13.1 Å². The maximum atomic E-state index is 12.2. The second-order valence-electron chi connectivity index (χ2n) is 5.69. The molecule has 1 N–H and O–H groups in total. The van der Waals surface area contributed by atoms with Crippen LogP contribution in [0.2, 0.25) is 0 Å². The molecule has 1 aromatic heterocycles. The van der Waals surface area contributed by atoms with Gasteiger partial charge in [0.2, 0.25) is 0 Å². The van der Waals surface area contributed by atoms with Crippen LogP contribution in [-0.2, 0) is 11.3 Å². The Hall–Kier alpha value is -2.11. The molecular formula is C18H23NO4. The van der Waals surface area contributed by atoms with Crippen molar-refractivity contribution < 1.29 is 19.1 Å². The third-order valence-electron chi connectivity index (χ3n) is 3.63. The molecule has 1 heterocycles. The Kier molecular flexibility index (Phi) is 5.96. The highest BCUT2D eigenvalue weighted by Crippen LogP contribution is 2.14. The van der Waals surface area contributed by atoms with E-state index in [0.717, 1.165) is 16.9 Å². The zero-order valence-corrected chi connectivity index (χ0v) is 13.8. The van der Waals surface area contributed by atoms with Gasteiger partial charge in [0.25, 0.3) is 5.91 Å². The van der Waals surface area contributed by atoms with E-state index in [0.29, 0.717) is 12.4 Å². The van der Waals surface area contributed by atoms with Crippen molar-refractivity contribution in [1.82, 2.24) is 4.90 Å². The quantitative estimate of drug-likeness (QED) is 0.852. The standard InChI is InChI=1S/C18H23NO4/c1-13-9-17(23-14(13)2)18(21)19(3)10-16(20)12-22-11-15-7-5-4-6-8-15/h4-9,16,20H,10-12H2,1-3H3. The minimum absolute atomic E-state index is 0.169. The van der Waals surface area contributed by atoms with Crippen LogP contribution >= 0.6 is 0 Å². The Morgan fingerprint density at radius 3 is 2.61 bits per heavy atom. The maximum absolute atomic E-state index is 12.2. The molecule has 2 rings (SSSR count). The normalized spacial score (nSPS) is 12.2. The topological polar surface area (TPSA) is 62.9 Å². The minimum Gasteiger partial charge on any atom is -0.456 e. The van der Waals surface area contributed by atoms with Crippen molar-refractivity contribution >= 4 is 5.91 Å². The number of amides is 1. The van der Waals surface area contributed by atoms with E-state index in [1.165, 1.54) is 4.90 Å². The minimum atomic E-state index is -0.746. The van der Waals surface area contributed by atoms with E-state index >= 15 is 0 Å². The van der Waals surface area contributed by atoms with Gasteiger partial charge in [0.1, 0.15) is 5.76 Å². The van der Waals surface area contributed by atoms with Crippen LogP contribution in [0, 0.1) is 13.8 Å². The third kappa shape index (κ3) is 4.94. The average Bonchev–Trinajstić information content (AvgIpc) is 2.87. The number of furan rings is 1. The summed E-state index contributed by atoms with van der Waals surface area (Å²) in [6, 6.07) is 11.5. The van der Waals surface area contributed by atoms with Gasteiger partial charge in [0.05, 0.1) is 19.3 Å². The number of carbonyl (C=O) groups is 1. The summed E-state index contributed by atoms with van der Waals surface area (Å²) in [5.74, 6) is 0.775. The molecule has 5 nitrogen and oxygen atoms in total. The molecule has 0 radical (unpaired) electrons. The van der Waals surface area contributed by atoms with Crippen LogP contribution in [0.1, 0.15) is 27.4 Å². The molecule has 1 atom stereocenters. The number of carbonyl (C=O) groups excluding carboxylic acids is 1. The molecule has 0 aliphatic rings. The summed E-state index contributed by atoms with van der Waals surface area (Å²) >= 11 is 0. The largest absolute Gasteiger partial charge is 0.456 e. The molecule has 0 aliphatic heterocycles. The van der Waals surface area contributed by atoms with Crippen LogP contribution in [0.25, 0.3) is 0 Å². The molecule has 5 heteroatoms. The van der Waals surface area contributed by atoms with Crippen molar-refractivity contribution in [1.29, 1.82) is 0 Å². The van der Waals surface area contributed by atoms with Crippen LogP contribution in [0.3, 0.4) is 0 Å². The summed E-state index contributed by atoms with van der Waals surface area (Å²) in [4.78, 5) is 13.7. The summed E-state index contributed by atoms with van der Waals surface area (Å²) in [5.41, 5.74) is 1.99. The number of likely N-dealkylation sites (N-methyl/N-ethyl adjacent to an activating group) is 1. The summed E-state index contributed by atoms with van der Waals surface area (Å²) < 4.78 is 10.9. The second kappa shape index (κ2) is 7.94. The highest BCUT2D eigenvalue weighted by atomic mass is 16.5. The van der Waals surface area contributed by atoms with Gasteiger partial charge in [0.15, 0.2) is 5.76 Å². The molecule has 1 amide bonds. The van der Waals surface area contributed by atoms with Crippen molar-refractivity contribution in [2.75, 3.05) is 20.2 Å². The van der Waals surface area contributed by atoms with Crippen LogP contribution in [0.15, 0.2) is 40.8 Å². The fourth-order valence-corrected chi connectivity index (χ4v) is 2.21. The van der Waals surface area contributed by atoms with E-state index < -0.39 is 6.10 Å². The van der Waals surface area contributed by atoms with Gasteiger partial charge in [-0.1, -0.05) is 30.3 Å². The van der Waals surface area contributed by atoms with Gasteiger partial charge in [-0.15, -0.1) is 0 Å². The first-order valence-corrected chi connectivity index (χ1v) is 7.59. The van der Waals surface area contributed by atoms with E-state index in [4.69, 9.17) is 9.15 Å². The molecule has 1 aromatic carbocycles. The summed E-state index contributed by atoms with van der Waals surface area (Å²) in [5, 5.41) is 10.0. The fourth-order valence-electron chi connectivity index (χ4n) is 2.21. The molecule has 0 bridgehead atoms. The number of hydrogen-bond acceptors (Lipinski definition) is 4. The van der Waals surface area contributed by atoms with Crippen LogP contribution in [0.5, 0.6) is 0 Å². The lowest BCUT2D eigenvalue weighted by Gasteiger charge is -2.20. The molecule has 124 valence electrons. The Bertz CT molecular complexity index is 616. The molecule has 23 heavy (non-hydrogen) atoms. The number of aliphatic hydroxyl groups excluding tert-OH is 1. The molecule has 0 saturated carbocycles. The SMILES string of the molecule is Cc1cc(C(=O)N(C)CC(O)COCc2ccccc2)oc1C. The number of nitrogens with zero attached hydrogens (tertiary/aromatic N) is 1. The zero-order valence-electron chi connectivity index (χ0n) is 13.8. The van der Waals surface area contributed by atoms with Crippen LogP contribution < -0.4 is 0 Å². The smallest absolute Gasteiger partial charge is 0.289 e. The van der Waals surface area contributed by atoms with Gasteiger partial charge in [-0.25, -0.2) is 0 Å². The number of hydrogen-bond donors (Lipinski definition) is 1. The Balaban J connectivity index is 1.77. The molecule has 1 unspecified atom stereocenters. The van der Waals surface area contributed by atoms with E-state index in [9.17, 15) is 9.90 Å². The highest BCUT2D eigenvalue weighted by molar-refractivity contribution is 5.91. The lowest BCUT2D eigenvalue weighted by atomic mass is 10.2. The summed E-state index contributed by atoms with van der Waals surface area (Å²) in [6.45, 7) is 4.50. The molecule has 0 aliphatic carbocycles. The number of benzene rings is 1. The molecule has 0 spiro atoms. The van der Waals surface area contributed by atoms with Crippen LogP contribution in [-0.4, -0.2) is 42.2 Å². The summed E-state index contributed by atoms with van der Waals surface area (Å²) in [7, 11) is 1.63. The van der Waals surface area contributed by atoms with Gasteiger partial charge in [-0.05, 0) is 31.0 Å². The first kappa shape index (κ1) is 17.2. The van der Waals surface area contributed by atoms with Gasteiger partial charge < -0.3 is 19.2 Å². The zero-order chi connectivity index (χ0) is 16.8. The molecule has 0 fully saturated rings. The third-order valence-corrected chi connectivity index (χ3v) is 3.63. The first-order chi connectivity index (χ1) is 11.0. The average molecular weight is 317 g/mol. The van der Waals surface area contributed by atoms with Crippen molar-refractivity contribution in [3.8, 4) is 0 Å². The Morgan fingerprint density at radius 2 is 2.00 bits per heavy atom.